The molecule has 0 spiro atoms. The second kappa shape index (κ2) is 6.13. The number of hydrogen-bond acceptors (Lipinski definition) is 2. The normalized spacial score (nSPS) is 16.9. The van der Waals surface area contributed by atoms with Crippen LogP contribution in [0.15, 0.2) is 18.2 Å². The van der Waals surface area contributed by atoms with E-state index in [-0.39, 0.29) is 17.0 Å². The lowest BCUT2D eigenvalue weighted by Crippen LogP contribution is -2.41. The summed E-state index contributed by atoms with van der Waals surface area (Å²) in [5, 5.41) is 3.20. The fraction of sp³-hybridized carbons (Fsp3) is 0.500. The van der Waals surface area contributed by atoms with Gasteiger partial charge in [-0.2, -0.15) is 13.2 Å². The molecule has 21 heavy (non-hydrogen) atoms. The van der Waals surface area contributed by atoms with Crippen LogP contribution in [0, 0.1) is 0 Å². The van der Waals surface area contributed by atoms with Crippen molar-refractivity contribution in [1.82, 2.24) is 4.90 Å². The maximum atomic E-state index is 12.6. The van der Waals surface area contributed by atoms with E-state index in [2.05, 4.69) is 5.32 Å². The largest absolute Gasteiger partial charge is 0.416 e. The van der Waals surface area contributed by atoms with E-state index < -0.39 is 11.7 Å². The molecule has 1 aliphatic rings. The average molecular weight is 321 g/mol. The van der Waals surface area contributed by atoms with Gasteiger partial charge in [0.05, 0.1) is 16.3 Å². The van der Waals surface area contributed by atoms with Crippen molar-refractivity contribution in [3.63, 3.8) is 0 Å². The predicted molar refractivity (Wildman–Crippen MR) is 75.4 cm³/mol. The highest BCUT2D eigenvalue weighted by Crippen LogP contribution is 2.34. The van der Waals surface area contributed by atoms with Crippen molar-refractivity contribution >= 4 is 23.2 Å². The third kappa shape index (κ3) is 4.03. The molecule has 1 heterocycles. The lowest BCUT2D eigenvalue weighted by molar-refractivity contribution is -0.137. The molecule has 0 unspecified atom stereocenters. The fourth-order valence-corrected chi connectivity index (χ4v) is 2.60. The third-order valence-corrected chi connectivity index (χ3v) is 3.91. The summed E-state index contributed by atoms with van der Waals surface area (Å²) in [6.45, 7) is 2.82. The summed E-state index contributed by atoms with van der Waals surface area (Å²) in [5.41, 5.74) is -0.268. The van der Waals surface area contributed by atoms with Crippen molar-refractivity contribution in [1.29, 1.82) is 0 Å². The topological polar surface area (TPSA) is 32.3 Å². The van der Waals surface area contributed by atoms with Gasteiger partial charge in [0.1, 0.15) is 0 Å². The number of alkyl halides is 3. The van der Waals surface area contributed by atoms with Crippen LogP contribution >= 0.6 is 11.6 Å². The highest BCUT2D eigenvalue weighted by atomic mass is 35.5. The number of carbonyl (C=O) groups excluding carboxylic acids is 1. The lowest BCUT2D eigenvalue weighted by Gasteiger charge is -2.32. The van der Waals surface area contributed by atoms with Crippen LogP contribution in [-0.4, -0.2) is 29.9 Å². The zero-order chi connectivity index (χ0) is 15.6. The van der Waals surface area contributed by atoms with Crippen LogP contribution in [0.4, 0.5) is 18.9 Å². The van der Waals surface area contributed by atoms with E-state index in [1.54, 1.807) is 4.90 Å². The molecule has 0 saturated carbocycles. The number of nitrogens with zero attached hydrogens (tertiary/aromatic N) is 1. The van der Waals surface area contributed by atoms with Crippen molar-refractivity contribution in [2.45, 2.75) is 32.0 Å². The van der Waals surface area contributed by atoms with Crippen LogP contribution in [0.5, 0.6) is 0 Å². The molecule has 1 aliphatic heterocycles. The van der Waals surface area contributed by atoms with Crippen LogP contribution in [0.3, 0.4) is 0 Å². The van der Waals surface area contributed by atoms with Crippen molar-refractivity contribution in [3.05, 3.63) is 28.8 Å². The lowest BCUT2D eigenvalue weighted by atomic mass is 10.0. The molecule has 1 fully saturated rings. The molecule has 1 amide bonds. The number of benzene rings is 1. The highest BCUT2D eigenvalue weighted by molar-refractivity contribution is 6.33. The Bertz CT molecular complexity index is 525. The van der Waals surface area contributed by atoms with Crippen molar-refractivity contribution in [2.24, 2.45) is 0 Å². The van der Waals surface area contributed by atoms with Gasteiger partial charge >= 0.3 is 6.18 Å². The number of hydrogen-bond donors (Lipinski definition) is 1. The number of anilines is 1. The summed E-state index contributed by atoms with van der Waals surface area (Å²) < 4.78 is 37.7. The summed E-state index contributed by atoms with van der Waals surface area (Å²) in [6.07, 6.45) is -2.90. The van der Waals surface area contributed by atoms with Gasteiger partial charge in [-0.05, 0) is 31.0 Å². The van der Waals surface area contributed by atoms with E-state index in [0.717, 1.165) is 25.0 Å². The smallest absolute Gasteiger partial charge is 0.381 e. The molecule has 3 nitrogen and oxygen atoms in total. The first-order chi connectivity index (χ1) is 9.77. The molecule has 2 rings (SSSR count). The molecule has 1 N–H and O–H groups in total. The zero-order valence-corrected chi connectivity index (χ0v) is 12.3. The van der Waals surface area contributed by atoms with Gasteiger partial charge in [-0.15, -0.1) is 0 Å². The highest BCUT2D eigenvalue weighted by Gasteiger charge is 2.31. The summed E-state index contributed by atoms with van der Waals surface area (Å²) >= 11 is 5.91. The maximum absolute atomic E-state index is 12.6. The Morgan fingerprint density at radius 1 is 1.33 bits per heavy atom. The summed E-state index contributed by atoms with van der Waals surface area (Å²) in [4.78, 5) is 13.0. The van der Waals surface area contributed by atoms with Crippen LogP contribution in [0.1, 0.15) is 25.3 Å². The van der Waals surface area contributed by atoms with Gasteiger partial charge in [0.25, 0.3) is 0 Å². The van der Waals surface area contributed by atoms with Gasteiger partial charge < -0.3 is 10.2 Å². The minimum absolute atomic E-state index is 0.0426. The Morgan fingerprint density at radius 3 is 2.43 bits per heavy atom. The number of carbonyl (C=O) groups is 1. The number of piperidine rings is 1. The number of likely N-dealkylation sites (tertiary alicyclic amines) is 1. The monoisotopic (exact) mass is 320 g/mol. The fourth-order valence-electron chi connectivity index (χ4n) is 2.37. The van der Waals surface area contributed by atoms with E-state index in [9.17, 15) is 18.0 Å². The standard InChI is InChI=1S/C14H16ClF3N2O/c1-9(21)20-6-4-11(5-7-20)19-13-3-2-10(8-12(13)15)14(16,17)18/h2-3,8,11,19H,4-7H2,1H3. The van der Waals surface area contributed by atoms with Gasteiger partial charge in [-0.1, -0.05) is 11.6 Å². The number of nitrogens with one attached hydrogen (secondary N) is 1. The van der Waals surface area contributed by atoms with Crippen LogP contribution in [-0.2, 0) is 11.0 Å². The van der Waals surface area contributed by atoms with E-state index in [1.165, 1.54) is 13.0 Å². The molecule has 116 valence electrons. The van der Waals surface area contributed by atoms with Gasteiger partial charge in [0, 0.05) is 26.1 Å². The van der Waals surface area contributed by atoms with Crippen molar-refractivity contribution in [3.8, 4) is 0 Å². The molecule has 0 radical (unpaired) electrons. The number of halogens is 4. The molecule has 7 heteroatoms. The molecular weight excluding hydrogens is 305 g/mol. The second-order valence-corrected chi connectivity index (χ2v) is 5.52. The Kier molecular flexibility index (Phi) is 4.66. The van der Waals surface area contributed by atoms with Crippen molar-refractivity contribution < 1.29 is 18.0 Å². The molecule has 0 aromatic heterocycles. The molecular formula is C14H16ClF3N2O. The van der Waals surface area contributed by atoms with Gasteiger partial charge in [-0.3, -0.25) is 4.79 Å². The Morgan fingerprint density at radius 2 is 1.95 bits per heavy atom. The molecule has 0 aliphatic carbocycles. The maximum Gasteiger partial charge on any atom is 0.416 e. The first-order valence-electron chi connectivity index (χ1n) is 6.66. The van der Waals surface area contributed by atoms with Crippen molar-refractivity contribution in [2.75, 3.05) is 18.4 Å². The second-order valence-electron chi connectivity index (χ2n) is 5.12. The van der Waals surface area contributed by atoms with Gasteiger partial charge in [0.15, 0.2) is 0 Å². The molecule has 0 bridgehead atoms. The van der Waals surface area contributed by atoms with E-state index in [4.69, 9.17) is 11.6 Å². The Hall–Kier alpha value is -1.43. The van der Waals surface area contributed by atoms with Gasteiger partial charge in [0.2, 0.25) is 5.91 Å². The van der Waals surface area contributed by atoms with E-state index in [0.29, 0.717) is 18.8 Å². The quantitative estimate of drug-likeness (QED) is 0.899. The molecule has 1 aromatic rings. The Balaban J connectivity index is 2.00. The number of rotatable bonds is 2. The summed E-state index contributed by atoms with van der Waals surface area (Å²) in [5.74, 6) is 0.0426. The molecule has 1 saturated heterocycles. The minimum Gasteiger partial charge on any atom is -0.381 e. The first kappa shape index (κ1) is 15.9. The average Bonchev–Trinajstić information content (AvgIpc) is 2.40. The SMILES string of the molecule is CC(=O)N1CCC(Nc2ccc(C(F)(F)F)cc2Cl)CC1. The predicted octanol–water partition coefficient (Wildman–Crippen LogP) is 3.78. The number of amides is 1. The van der Waals surface area contributed by atoms with E-state index >= 15 is 0 Å². The summed E-state index contributed by atoms with van der Waals surface area (Å²) in [6, 6.07) is 3.39. The third-order valence-electron chi connectivity index (χ3n) is 3.60. The molecule has 1 aromatic carbocycles. The van der Waals surface area contributed by atoms with Gasteiger partial charge in [-0.25, -0.2) is 0 Å². The Labute approximate surface area is 126 Å². The first-order valence-corrected chi connectivity index (χ1v) is 7.04. The molecule has 0 atom stereocenters. The van der Waals surface area contributed by atoms with Crippen LogP contribution in [0.25, 0.3) is 0 Å². The van der Waals surface area contributed by atoms with Crippen LogP contribution in [0.2, 0.25) is 5.02 Å². The minimum atomic E-state index is -4.39. The van der Waals surface area contributed by atoms with Crippen LogP contribution < -0.4 is 5.32 Å². The summed E-state index contributed by atoms with van der Waals surface area (Å²) in [7, 11) is 0. The zero-order valence-electron chi connectivity index (χ0n) is 11.5. The van der Waals surface area contributed by atoms with E-state index in [1.807, 2.05) is 0 Å².